The third kappa shape index (κ3) is 4.94. The number of fused-ring (bicyclic) bond motifs is 4. The Labute approximate surface area is 211 Å². The van der Waals surface area contributed by atoms with E-state index in [-0.39, 0.29) is 11.6 Å². The molecule has 7 rings (SSSR count). The van der Waals surface area contributed by atoms with Crippen LogP contribution in [-0.4, -0.2) is 11.6 Å². The first-order chi connectivity index (χ1) is 17.7. The summed E-state index contributed by atoms with van der Waals surface area (Å²) in [7, 11) is 0. The van der Waals surface area contributed by atoms with E-state index in [1.165, 1.54) is 0 Å². The molecule has 0 saturated carbocycles. The third-order valence-corrected chi connectivity index (χ3v) is 6.48. The van der Waals surface area contributed by atoms with E-state index < -0.39 is 0 Å². The summed E-state index contributed by atoms with van der Waals surface area (Å²) in [4.78, 5) is 24.2. The molecule has 0 aromatic heterocycles. The number of carbonyl (C=O) groups is 2. The van der Waals surface area contributed by atoms with Crippen molar-refractivity contribution in [2.75, 3.05) is 0 Å². The average molecular weight is 467 g/mol. The molecule has 0 spiro atoms. The summed E-state index contributed by atoms with van der Waals surface area (Å²) in [6, 6.07) is 43.4. The van der Waals surface area contributed by atoms with Gasteiger partial charge in [0.2, 0.25) is 0 Å². The molecule has 0 saturated heterocycles. The van der Waals surface area contributed by atoms with Crippen LogP contribution in [0.15, 0.2) is 133 Å². The molecule has 0 bridgehead atoms. The van der Waals surface area contributed by atoms with E-state index >= 15 is 0 Å². The lowest BCUT2D eigenvalue weighted by atomic mass is 9.85. The van der Waals surface area contributed by atoms with Gasteiger partial charge in [0.25, 0.3) is 0 Å². The first-order valence-corrected chi connectivity index (χ1v) is 12.1. The molecule has 2 aliphatic rings. The zero-order valence-electron chi connectivity index (χ0n) is 19.9. The third-order valence-electron chi connectivity index (χ3n) is 6.48. The molecule has 0 unspecified atom stereocenters. The largest absolute Gasteiger partial charge is 0.289 e. The number of carbonyl (C=O) groups excluding carboxylic acids is 2. The minimum atomic E-state index is 0.160. The predicted molar refractivity (Wildman–Crippen MR) is 145 cm³/mol. The summed E-state index contributed by atoms with van der Waals surface area (Å²) >= 11 is 0. The second kappa shape index (κ2) is 10.8. The minimum Gasteiger partial charge on any atom is -0.289 e. The maximum atomic E-state index is 12.1. The molecule has 2 aliphatic carbocycles. The molecule has 2 heteroatoms. The molecule has 5 aromatic carbocycles. The quantitative estimate of drug-likeness (QED) is 0.234. The van der Waals surface area contributed by atoms with Gasteiger partial charge in [-0.1, -0.05) is 133 Å². The zero-order valence-corrected chi connectivity index (χ0v) is 19.9. The van der Waals surface area contributed by atoms with E-state index in [9.17, 15) is 9.59 Å². The van der Waals surface area contributed by atoms with Gasteiger partial charge in [0.1, 0.15) is 0 Å². The van der Waals surface area contributed by atoms with Gasteiger partial charge in [-0.15, -0.1) is 0 Å². The van der Waals surface area contributed by atoms with Gasteiger partial charge in [0.15, 0.2) is 11.6 Å². The second-order valence-corrected chi connectivity index (χ2v) is 8.80. The fraction of sp³-hybridized carbons (Fsp3) is 0.0588. The van der Waals surface area contributed by atoms with Crippen LogP contribution in [0.2, 0.25) is 0 Å². The molecule has 2 nitrogen and oxygen atoms in total. The van der Waals surface area contributed by atoms with E-state index in [1.807, 2.05) is 133 Å². The summed E-state index contributed by atoms with van der Waals surface area (Å²) in [5.74, 6) is 0.319. The molecule has 0 N–H and O–H groups in total. The van der Waals surface area contributed by atoms with Gasteiger partial charge < -0.3 is 0 Å². The van der Waals surface area contributed by atoms with Gasteiger partial charge >= 0.3 is 0 Å². The Hall–Kier alpha value is -4.56. The van der Waals surface area contributed by atoms with Crippen LogP contribution < -0.4 is 0 Å². The molecule has 0 radical (unpaired) electrons. The molecular formula is C34H26O2. The van der Waals surface area contributed by atoms with Crippen molar-refractivity contribution in [3.63, 3.8) is 0 Å². The van der Waals surface area contributed by atoms with Crippen LogP contribution >= 0.6 is 0 Å². The van der Waals surface area contributed by atoms with Crippen LogP contribution in [0, 0.1) is 0 Å². The lowest BCUT2D eigenvalue weighted by molar-refractivity contribution is 0.102. The Morgan fingerprint density at radius 3 is 0.778 bits per heavy atom. The summed E-state index contributed by atoms with van der Waals surface area (Å²) in [5, 5.41) is 0. The van der Waals surface area contributed by atoms with Gasteiger partial charge in [-0.3, -0.25) is 9.59 Å². The van der Waals surface area contributed by atoms with E-state index in [0.29, 0.717) is 0 Å². The van der Waals surface area contributed by atoms with Crippen LogP contribution in [0.5, 0.6) is 0 Å². The smallest absolute Gasteiger partial charge is 0.193 e. The van der Waals surface area contributed by atoms with E-state index in [0.717, 1.165) is 57.3 Å². The molecule has 5 aromatic rings. The lowest BCUT2D eigenvalue weighted by Crippen LogP contribution is -2.14. The minimum absolute atomic E-state index is 0.160. The summed E-state index contributed by atoms with van der Waals surface area (Å²) in [5.41, 5.74) is 7.99. The lowest BCUT2D eigenvalue weighted by Gasteiger charge is -2.17. The Morgan fingerprint density at radius 2 is 0.528 bits per heavy atom. The van der Waals surface area contributed by atoms with Crippen molar-refractivity contribution < 1.29 is 9.59 Å². The maximum absolute atomic E-state index is 12.1. The number of hydrogen-bond acceptors (Lipinski definition) is 2. The Kier molecular flexibility index (Phi) is 6.95. The monoisotopic (exact) mass is 466 g/mol. The van der Waals surface area contributed by atoms with E-state index in [2.05, 4.69) is 0 Å². The van der Waals surface area contributed by atoms with Crippen molar-refractivity contribution in [3.8, 4) is 0 Å². The SMILES string of the molecule is O=C1c2ccccc2Cc2ccccc21.O=C1c2ccccc2Cc2ccccc21.c1ccccc1. The average Bonchev–Trinajstić information content (AvgIpc) is 2.95. The highest BCUT2D eigenvalue weighted by molar-refractivity contribution is 6.12. The molecular weight excluding hydrogens is 440 g/mol. The van der Waals surface area contributed by atoms with Crippen molar-refractivity contribution in [1.82, 2.24) is 0 Å². The highest BCUT2D eigenvalue weighted by Gasteiger charge is 2.22. The Morgan fingerprint density at radius 1 is 0.306 bits per heavy atom. The predicted octanol–water partition coefficient (Wildman–Crippen LogP) is 7.33. The van der Waals surface area contributed by atoms with Crippen molar-refractivity contribution in [2.24, 2.45) is 0 Å². The summed E-state index contributed by atoms with van der Waals surface area (Å²) in [6.45, 7) is 0. The highest BCUT2D eigenvalue weighted by atomic mass is 16.1. The van der Waals surface area contributed by atoms with Crippen molar-refractivity contribution >= 4 is 11.6 Å². The molecule has 0 amide bonds. The summed E-state index contributed by atoms with van der Waals surface area (Å²) < 4.78 is 0. The van der Waals surface area contributed by atoms with Crippen LogP contribution in [0.4, 0.5) is 0 Å². The molecule has 174 valence electrons. The Bertz CT molecular complexity index is 1290. The maximum Gasteiger partial charge on any atom is 0.193 e. The van der Waals surface area contributed by atoms with Gasteiger partial charge in [0.05, 0.1) is 0 Å². The fourth-order valence-corrected chi connectivity index (χ4v) is 4.67. The molecule has 0 atom stereocenters. The van der Waals surface area contributed by atoms with Gasteiger partial charge in [-0.25, -0.2) is 0 Å². The molecule has 0 aliphatic heterocycles. The van der Waals surface area contributed by atoms with Gasteiger partial charge in [0, 0.05) is 22.3 Å². The van der Waals surface area contributed by atoms with E-state index in [4.69, 9.17) is 0 Å². The molecule has 36 heavy (non-hydrogen) atoms. The van der Waals surface area contributed by atoms with Gasteiger partial charge in [-0.05, 0) is 35.1 Å². The number of ketones is 2. The number of rotatable bonds is 0. The topological polar surface area (TPSA) is 34.1 Å². The summed E-state index contributed by atoms with van der Waals surface area (Å²) in [6.07, 6.45) is 1.75. The van der Waals surface area contributed by atoms with Gasteiger partial charge in [-0.2, -0.15) is 0 Å². The molecule has 0 fully saturated rings. The van der Waals surface area contributed by atoms with E-state index in [1.54, 1.807) is 0 Å². The fourth-order valence-electron chi connectivity index (χ4n) is 4.67. The highest BCUT2D eigenvalue weighted by Crippen LogP contribution is 2.27. The number of hydrogen-bond donors (Lipinski definition) is 0. The zero-order chi connectivity index (χ0) is 24.7. The van der Waals surface area contributed by atoms with Crippen LogP contribution in [0.3, 0.4) is 0 Å². The second-order valence-electron chi connectivity index (χ2n) is 8.80. The van der Waals surface area contributed by atoms with Crippen molar-refractivity contribution in [3.05, 3.63) is 178 Å². The van der Waals surface area contributed by atoms with Crippen LogP contribution in [0.1, 0.15) is 54.1 Å². The number of benzene rings is 5. The van der Waals surface area contributed by atoms with Crippen LogP contribution in [-0.2, 0) is 12.8 Å². The Balaban J connectivity index is 0.000000121. The first kappa shape index (κ1) is 23.2. The molecule has 0 heterocycles. The van der Waals surface area contributed by atoms with Crippen LogP contribution in [0.25, 0.3) is 0 Å². The van der Waals surface area contributed by atoms with Crippen molar-refractivity contribution in [1.29, 1.82) is 0 Å². The normalized spacial score (nSPS) is 12.3. The first-order valence-electron chi connectivity index (χ1n) is 12.1. The van der Waals surface area contributed by atoms with Crippen molar-refractivity contribution in [2.45, 2.75) is 12.8 Å². The standard InChI is InChI=1S/2C14H10O.C6H6/c2*15-14-12-7-3-1-5-10(12)9-11-6-2-4-8-13(11)14;1-2-4-6-5-3-1/h2*1-8H,9H2;1-6H.